The van der Waals surface area contributed by atoms with Crippen molar-refractivity contribution in [3.05, 3.63) is 24.2 Å². The first kappa shape index (κ1) is 14.3. The van der Waals surface area contributed by atoms with Crippen LogP contribution in [0.4, 0.5) is 0 Å². The predicted molar refractivity (Wildman–Crippen MR) is 66.2 cm³/mol. The van der Waals surface area contributed by atoms with Gasteiger partial charge in [0.2, 0.25) is 0 Å². The van der Waals surface area contributed by atoms with Crippen LogP contribution in [0.3, 0.4) is 0 Å². The Balaban J connectivity index is 2.53. The van der Waals surface area contributed by atoms with E-state index in [1.807, 2.05) is 20.8 Å². The molecule has 18 heavy (non-hydrogen) atoms. The smallest absolute Gasteiger partial charge is 0.308 e. The Hall–Kier alpha value is -1.78. The van der Waals surface area contributed by atoms with Gasteiger partial charge in [-0.25, -0.2) is 0 Å². The fraction of sp³-hybridized carbons (Fsp3) is 0.538. The number of carbonyl (C=O) groups excluding carboxylic acids is 1. The summed E-state index contributed by atoms with van der Waals surface area (Å²) in [5.74, 6) is -1.79. The lowest BCUT2D eigenvalue weighted by molar-refractivity contribution is -0.142. The summed E-state index contributed by atoms with van der Waals surface area (Å²) >= 11 is 0. The number of aliphatic carboxylic acids is 1. The van der Waals surface area contributed by atoms with Crippen LogP contribution in [0.1, 0.15) is 37.6 Å². The molecule has 0 spiro atoms. The molecule has 0 fully saturated rings. The van der Waals surface area contributed by atoms with Gasteiger partial charge >= 0.3 is 5.97 Å². The molecular formula is C13H19NO4. The van der Waals surface area contributed by atoms with Gasteiger partial charge in [-0.05, 0) is 17.9 Å². The van der Waals surface area contributed by atoms with E-state index in [4.69, 9.17) is 9.52 Å². The van der Waals surface area contributed by atoms with Crippen LogP contribution in [-0.2, 0) is 4.79 Å². The van der Waals surface area contributed by atoms with E-state index in [2.05, 4.69) is 5.32 Å². The zero-order chi connectivity index (χ0) is 13.8. The first-order chi connectivity index (χ1) is 8.29. The number of nitrogens with one attached hydrogen (secondary N) is 1. The Bertz CT molecular complexity index is 403. The van der Waals surface area contributed by atoms with Crippen molar-refractivity contribution in [2.45, 2.75) is 27.2 Å². The maximum atomic E-state index is 11.6. The van der Waals surface area contributed by atoms with Crippen LogP contribution in [0.5, 0.6) is 0 Å². The zero-order valence-electron chi connectivity index (χ0n) is 10.9. The van der Waals surface area contributed by atoms with Gasteiger partial charge in [0.05, 0.1) is 17.7 Å². The van der Waals surface area contributed by atoms with Gasteiger partial charge in [0.1, 0.15) is 6.26 Å². The zero-order valence-corrected chi connectivity index (χ0v) is 10.9. The largest absolute Gasteiger partial charge is 0.481 e. The summed E-state index contributed by atoms with van der Waals surface area (Å²) < 4.78 is 4.79. The van der Waals surface area contributed by atoms with Crippen molar-refractivity contribution >= 4 is 11.9 Å². The Morgan fingerprint density at radius 1 is 1.44 bits per heavy atom. The number of hydrogen-bond donors (Lipinski definition) is 2. The lowest BCUT2D eigenvalue weighted by atomic mass is 9.84. The molecule has 0 bridgehead atoms. The van der Waals surface area contributed by atoms with Gasteiger partial charge in [-0.2, -0.15) is 0 Å². The van der Waals surface area contributed by atoms with E-state index in [-0.39, 0.29) is 17.9 Å². The van der Waals surface area contributed by atoms with Crippen molar-refractivity contribution in [3.63, 3.8) is 0 Å². The minimum absolute atomic E-state index is 0.0938. The summed E-state index contributed by atoms with van der Waals surface area (Å²) in [6.07, 6.45) is 3.24. The van der Waals surface area contributed by atoms with Gasteiger partial charge in [-0.15, -0.1) is 0 Å². The lowest BCUT2D eigenvalue weighted by Crippen LogP contribution is -2.34. The van der Waals surface area contributed by atoms with Crippen LogP contribution in [0, 0.1) is 11.3 Å². The Labute approximate surface area is 106 Å². The standard InChI is InChI=1S/C13H19NO4/c1-13(2,3)6-10(12(16)17)7-14-11(15)9-4-5-18-8-9/h4-5,8,10H,6-7H2,1-3H3,(H,14,15)(H,16,17). The molecule has 1 amide bonds. The molecule has 1 rings (SSSR count). The monoisotopic (exact) mass is 253 g/mol. The maximum Gasteiger partial charge on any atom is 0.308 e. The molecule has 0 aliphatic rings. The molecule has 5 nitrogen and oxygen atoms in total. The van der Waals surface area contributed by atoms with Gasteiger partial charge in [0.15, 0.2) is 0 Å². The number of hydrogen-bond acceptors (Lipinski definition) is 3. The fourth-order valence-electron chi connectivity index (χ4n) is 1.70. The van der Waals surface area contributed by atoms with Gasteiger partial charge < -0.3 is 14.8 Å². The van der Waals surface area contributed by atoms with Crippen LogP contribution in [0.2, 0.25) is 0 Å². The van der Waals surface area contributed by atoms with E-state index >= 15 is 0 Å². The van der Waals surface area contributed by atoms with Crippen LogP contribution in [0.25, 0.3) is 0 Å². The Kier molecular flexibility index (Phi) is 4.53. The highest BCUT2D eigenvalue weighted by Gasteiger charge is 2.25. The maximum absolute atomic E-state index is 11.6. The van der Waals surface area contributed by atoms with E-state index in [0.29, 0.717) is 12.0 Å². The lowest BCUT2D eigenvalue weighted by Gasteiger charge is -2.23. The molecule has 0 aliphatic carbocycles. The molecule has 0 aliphatic heterocycles. The third-order valence-electron chi connectivity index (χ3n) is 2.50. The summed E-state index contributed by atoms with van der Waals surface area (Å²) in [6.45, 7) is 6.04. The van der Waals surface area contributed by atoms with E-state index < -0.39 is 11.9 Å². The van der Waals surface area contributed by atoms with Crippen molar-refractivity contribution in [2.24, 2.45) is 11.3 Å². The Morgan fingerprint density at radius 2 is 2.11 bits per heavy atom. The molecule has 0 saturated carbocycles. The molecular weight excluding hydrogens is 234 g/mol. The summed E-state index contributed by atoms with van der Waals surface area (Å²) in [5, 5.41) is 11.7. The third-order valence-corrected chi connectivity index (χ3v) is 2.50. The van der Waals surface area contributed by atoms with Crippen LogP contribution in [0.15, 0.2) is 23.0 Å². The average Bonchev–Trinajstić information content (AvgIpc) is 2.75. The molecule has 0 saturated heterocycles. The molecule has 1 unspecified atom stereocenters. The number of amides is 1. The van der Waals surface area contributed by atoms with Gasteiger partial charge in [-0.3, -0.25) is 9.59 Å². The molecule has 5 heteroatoms. The Morgan fingerprint density at radius 3 is 2.56 bits per heavy atom. The molecule has 100 valence electrons. The van der Waals surface area contributed by atoms with Crippen LogP contribution < -0.4 is 5.32 Å². The van der Waals surface area contributed by atoms with E-state index in [1.165, 1.54) is 18.6 Å². The molecule has 0 aromatic carbocycles. The quantitative estimate of drug-likeness (QED) is 0.842. The molecule has 1 heterocycles. The number of carbonyl (C=O) groups is 2. The second kappa shape index (κ2) is 5.71. The predicted octanol–water partition coefficient (Wildman–Crippen LogP) is 2.15. The fourth-order valence-corrected chi connectivity index (χ4v) is 1.70. The minimum atomic E-state index is -0.891. The van der Waals surface area contributed by atoms with Crippen molar-refractivity contribution in [1.82, 2.24) is 5.32 Å². The minimum Gasteiger partial charge on any atom is -0.481 e. The number of rotatable bonds is 5. The van der Waals surface area contributed by atoms with Crippen LogP contribution in [-0.4, -0.2) is 23.5 Å². The summed E-state index contributed by atoms with van der Waals surface area (Å²) in [5.41, 5.74) is 0.304. The number of carboxylic acid groups (broad SMARTS) is 1. The van der Waals surface area contributed by atoms with Crippen molar-refractivity contribution in [2.75, 3.05) is 6.54 Å². The summed E-state index contributed by atoms with van der Waals surface area (Å²) in [4.78, 5) is 22.7. The van der Waals surface area contributed by atoms with E-state index in [9.17, 15) is 9.59 Å². The SMILES string of the molecule is CC(C)(C)CC(CNC(=O)c1ccoc1)C(=O)O. The first-order valence-electron chi connectivity index (χ1n) is 5.83. The highest BCUT2D eigenvalue weighted by molar-refractivity contribution is 5.93. The van der Waals surface area contributed by atoms with Crippen molar-refractivity contribution in [3.8, 4) is 0 Å². The highest BCUT2D eigenvalue weighted by Crippen LogP contribution is 2.24. The van der Waals surface area contributed by atoms with E-state index in [0.717, 1.165) is 0 Å². The normalized spacial score (nSPS) is 13.1. The van der Waals surface area contributed by atoms with Crippen molar-refractivity contribution < 1.29 is 19.1 Å². The van der Waals surface area contributed by atoms with Gasteiger partial charge in [0, 0.05) is 6.54 Å². The molecule has 2 N–H and O–H groups in total. The second-order valence-electron chi connectivity index (χ2n) is 5.52. The van der Waals surface area contributed by atoms with Crippen LogP contribution >= 0.6 is 0 Å². The van der Waals surface area contributed by atoms with Crippen molar-refractivity contribution in [1.29, 1.82) is 0 Å². The number of furan rings is 1. The summed E-state index contributed by atoms with van der Waals surface area (Å²) in [6, 6.07) is 1.54. The summed E-state index contributed by atoms with van der Waals surface area (Å²) in [7, 11) is 0. The second-order valence-corrected chi connectivity index (χ2v) is 5.52. The first-order valence-corrected chi connectivity index (χ1v) is 5.83. The third kappa shape index (κ3) is 4.61. The van der Waals surface area contributed by atoms with Gasteiger partial charge in [0.25, 0.3) is 5.91 Å². The molecule has 1 aromatic rings. The highest BCUT2D eigenvalue weighted by atomic mass is 16.4. The van der Waals surface area contributed by atoms with Gasteiger partial charge in [-0.1, -0.05) is 20.8 Å². The van der Waals surface area contributed by atoms with E-state index in [1.54, 1.807) is 0 Å². The molecule has 1 aromatic heterocycles. The molecule has 1 atom stereocenters. The molecule has 0 radical (unpaired) electrons. The average molecular weight is 253 g/mol. The number of carboxylic acids is 1. The topological polar surface area (TPSA) is 79.5 Å².